The highest BCUT2D eigenvalue weighted by molar-refractivity contribution is 7.70. The maximum atomic E-state index is 12.2. The van der Waals surface area contributed by atoms with Crippen LogP contribution in [0.4, 0.5) is 5.69 Å². The fourth-order valence-corrected chi connectivity index (χ4v) is 3.13. The van der Waals surface area contributed by atoms with Crippen molar-refractivity contribution in [3.8, 4) is 0 Å². The maximum absolute atomic E-state index is 12.2. The predicted molar refractivity (Wildman–Crippen MR) is 76.4 cm³/mol. The Morgan fingerprint density at radius 3 is 2.56 bits per heavy atom. The average molecular weight is 267 g/mol. The van der Waals surface area contributed by atoms with Gasteiger partial charge in [-0.1, -0.05) is 6.07 Å². The lowest BCUT2D eigenvalue weighted by Crippen LogP contribution is -2.36. The van der Waals surface area contributed by atoms with Crippen LogP contribution in [-0.4, -0.2) is 32.7 Å². The van der Waals surface area contributed by atoms with Gasteiger partial charge in [-0.2, -0.15) is 0 Å². The number of rotatable bonds is 2. The van der Waals surface area contributed by atoms with Crippen molar-refractivity contribution in [1.29, 1.82) is 0 Å². The molecule has 1 aliphatic rings. The molecule has 0 aromatic heterocycles. The van der Waals surface area contributed by atoms with Gasteiger partial charge in [0.2, 0.25) is 0 Å². The van der Waals surface area contributed by atoms with Crippen LogP contribution in [0.1, 0.15) is 13.8 Å². The summed E-state index contributed by atoms with van der Waals surface area (Å²) < 4.78 is 23.6. The van der Waals surface area contributed by atoms with Crippen LogP contribution in [0, 0.1) is 0 Å². The van der Waals surface area contributed by atoms with E-state index >= 15 is 0 Å². The standard InChI is InChI=1S/C12H19BNO3P/c1-12(2)8-16-13(17-12)9-5-6-10(14)11(7-9)18(3,4)15/h5-7H,8,14H2,1-4H3. The number of hydrogen-bond acceptors (Lipinski definition) is 4. The Labute approximate surface area is 108 Å². The summed E-state index contributed by atoms with van der Waals surface area (Å²) in [6.07, 6.45) is 0. The molecule has 1 aromatic carbocycles. The molecular weight excluding hydrogens is 248 g/mol. The van der Waals surface area contributed by atoms with Gasteiger partial charge < -0.3 is 19.6 Å². The SMILES string of the molecule is CC1(C)COB(c2ccc(N)c(P(C)(C)=O)c2)O1. The molecule has 0 bridgehead atoms. The van der Waals surface area contributed by atoms with Crippen LogP contribution in [0.5, 0.6) is 0 Å². The molecule has 2 N–H and O–H groups in total. The van der Waals surface area contributed by atoms with Crippen LogP contribution in [0.15, 0.2) is 18.2 Å². The van der Waals surface area contributed by atoms with E-state index in [0.29, 0.717) is 17.6 Å². The second-order valence-electron chi connectivity index (χ2n) is 5.69. The van der Waals surface area contributed by atoms with E-state index in [4.69, 9.17) is 15.0 Å². The van der Waals surface area contributed by atoms with Crippen LogP contribution >= 0.6 is 7.14 Å². The molecule has 0 radical (unpaired) electrons. The fourth-order valence-electron chi connectivity index (χ4n) is 1.97. The maximum Gasteiger partial charge on any atom is 0.494 e. The minimum Gasteiger partial charge on any atom is -0.404 e. The molecule has 4 nitrogen and oxygen atoms in total. The van der Waals surface area contributed by atoms with Crippen LogP contribution < -0.4 is 16.5 Å². The van der Waals surface area contributed by atoms with E-state index in [1.165, 1.54) is 0 Å². The van der Waals surface area contributed by atoms with Gasteiger partial charge in [-0.15, -0.1) is 0 Å². The second-order valence-corrected chi connectivity index (χ2v) is 8.87. The number of nitrogen functional groups attached to an aromatic ring is 1. The summed E-state index contributed by atoms with van der Waals surface area (Å²) in [5.74, 6) is 0. The number of benzene rings is 1. The summed E-state index contributed by atoms with van der Waals surface area (Å²) in [4.78, 5) is 0. The zero-order valence-electron chi connectivity index (χ0n) is 11.3. The van der Waals surface area contributed by atoms with Gasteiger partial charge in [0.05, 0.1) is 12.2 Å². The van der Waals surface area contributed by atoms with Crippen molar-refractivity contribution in [3.63, 3.8) is 0 Å². The molecule has 0 amide bonds. The Balaban J connectivity index is 2.34. The summed E-state index contributed by atoms with van der Waals surface area (Å²) in [7, 11) is -2.79. The zero-order chi connectivity index (χ0) is 13.6. The predicted octanol–water partition coefficient (Wildman–Crippen LogP) is 1.04. The van der Waals surface area contributed by atoms with Crippen molar-refractivity contribution < 1.29 is 13.9 Å². The lowest BCUT2D eigenvalue weighted by molar-refractivity contribution is 0.137. The minimum atomic E-state index is -2.39. The molecule has 0 aliphatic carbocycles. The Morgan fingerprint density at radius 2 is 2.06 bits per heavy atom. The zero-order valence-corrected chi connectivity index (χ0v) is 12.2. The largest absolute Gasteiger partial charge is 0.494 e. The first-order valence-corrected chi connectivity index (χ1v) is 8.53. The highest BCUT2D eigenvalue weighted by Gasteiger charge is 2.38. The van der Waals surface area contributed by atoms with Gasteiger partial charge >= 0.3 is 7.12 Å². The van der Waals surface area contributed by atoms with Crippen LogP contribution in [-0.2, 0) is 13.9 Å². The summed E-state index contributed by atoms with van der Waals surface area (Å²) in [6, 6.07) is 5.46. The van der Waals surface area contributed by atoms with E-state index in [0.717, 1.165) is 5.46 Å². The molecule has 1 aromatic rings. The quantitative estimate of drug-likeness (QED) is 0.494. The molecule has 1 fully saturated rings. The summed E-state index contributed by atoms with van der Waals surface area (Å²) in [5.41, 5.74) is 7.02. The third-order valence-electron chi connectivity index (χ3n) is 2.92. The molecule has 18 heavy (non-hydrogen) atoms. The average Bonchev–Trinajstić information content (AvgIpc) is 2.58. The molecule has 0 spiro atoms. The molecule has 98 valence electrons. The Bertz CT molecular complexity index is 512. The first-order valence-electron chi connectivity index (χ1n) is 5.93. The fraction of sp³-hybridized carbons (Fsp3) is 0.500. The second kappa shape index (κ2) is 4.41. The number of nitrogens with two attached hydrogens (primary N) is 1. The molecule has 1 aliphatic heterocycles. The first-order chi connectivity index (χ1) is 8.19. The van der Waals surface area contributed by atoms with Crippen molar-refractivity contribution in [2.45, 2.75) is 19.4 Å². The summed E-state index contributed by atoms with van der Waals surface area (Å²) in [6.45, 7) is 7.93. The van der Waals surface area contributed by atoms with Gasteiger partial charge in [0.15, 0.2) is 0 Å². The van der Waals surface area contributed by atoms with E-state index in [9.17, 15) is 4.57 Å². The Kier molecular flexibility index (Phi) is 3.35. The smallest absolute Gasteiger partial charge is 0.404 e. The van der Waals surface area contributed by atoms with E-state index in [1.807, 2.05) is 26.0 Å². The van der Waals surface area contributed by atoms with Crippen molar-refractivity contribution >= 4 is 30.7 Å². The van der Waals surface area contributed by atoms with Crippen LogP contribution in [0.2, 0.25) is 0 Å². The Hall–Kier alpha value is -0.765. The van der Waals surface area contributed by atoms with Crippen molar-refractivity contribution in [2.24, 2.45) is 0 Å². The van der Waals surface area contributed by atoms with Crippen molar-refractivity contribution in [3.05, 3.63) is 18.2 Å². The van der Waals surface area contributed by atoms with Crippen LogP contribution in [0.3, 0.4) is 0 Å². The van der Waals surface area contributed by atoms with Crippen molar-refractivity contribution in [2.75, 3.05) is 25.7 Å². The molecular formula is C12H19BNO3P. The summed E-state index contributed by atoms with van der Waals surface area (Å²) >= 11 is 0. The molecule has 0 saturated carbocycles. The van der Waals surface area contributed by atoms with E-state index < -0.39 is 14.3 Å². The molecule has 0 atom stereocenters. The lowest BCUT2D eigenvalue weighted by Gasteiger charge is -2.16. The molecule has 1 heterocycles. The summed E-state index contributed by atoms with van der Waals surface area (Å²) in [5, 5.41) is 0.692. The lowest BCUT2D eigenvalue weighted by atomic mass is 9.79. The first kappa shape index (κ1) is 13.7. The minimum absolute atomic E-state index is 0.283. The van der Waals surface area contributed by atoms with E-state index in [2.05, 4.69) is 0 Å². The number of anilines is 1. The highest BCUT2D eigenvalue weighted by atomic mass is 31.2. The monoisotopic (exact) mass is 267 g/mol. The molecule has 2 rings (SSSR count). The van der Waals surface area contributed by atoms with Crippen LogP contribution in [0.25, 0.3) is 0 Å². The van der Waals surface area contributed by atoms with Gasteiger partial charge in [-0.05, 0) is 44.8 Å². The van der Waals surface area contributed by atoms with Crippen molar-refractivity contribution in [1.82, 2.24) is 0 Å². The van der Waals surface area contributed by atoms with Gasteiger partial charge in [-0.3, -0.25) is 0 Å². The molecule has 1 saturated heterocycles. The molecule has 0 unspecified atom stereocenters. The normalized spacial score (nSPS) is 19.2. The van der Waals surface area contributed by atoms with Gasteiger partial charge in [0, 0.05) is 11.0 Å². The van der Waals surface area contributed by atoms with Gasteiger partial charge in [0.1, 0.15) is 7.14 Å². The third kappa shape index (κ3) is 2.79. The highest BCUT2D eigenvalue weighted by Crippen LogP contribution is 2.36. The Morgan fingerprint density at radius 1 is 1.39 bits per heavy atom. The van der Waals surface area contributed by atoms with Gasteiger partial charge in [-0.25, -0.2) is 0 Å². The van der Waals surface area contributed by atoms with E-state index in [-0.39, 0.29) is 5.60 Å². The van der Waals surface area contributed by atoms with Gasteiger partial charge in [0.25, 0.3) is 0 Å². The molecule has 6 heteroatoms. The topological polar surface area (TPSA) is 61.5 Å². The third-order valence-corrected chi connectivity index (χ3v) is 4.46. The number of hydrogen-bond donors (Lipinski definition) is 1. The van der Waals surface area contributed by atoms with E-state index in [1.54, 1.807) is 19.4 Å².